The number of pyridine rings is 1. The van der Waals surface area contributed by atoms with Crippen LogP contribution in [0.2, 0.25) is 0 Å². The van der Waals surface area contributed by atoms with Crippen LogP contribution in [0.5, 0.6) is 0 Å². The van der Waals surface area contributed by atoms with Gasteiger partial charge in [-0.1, -0.05) is 12.1 Å². The number of sulfone groups is 1. The minimum absolute atomic E-state index is 0.158. The first kappa shape index (κ1) is 16.5. The summed E-state index contributed by atoms with van der Waals surface area (Å²) in [5, 5.41) is 11.8. The third-order valence-corrected chi connectivity index (χ3v) is 4.15. The molecular weight excluding hydrogens is 316 g/mol. The quantitative estimate of drug-likeness (QED) is 0.879. The molecule has 3 N–H and O–H groups in total. The number of carbonyl (C=O) groups excluding carboxylic acids is 1. The van der Waals surface area contributed by atoms with E-state index in [1.165, 1.54) is 37.3 Å². The number of nitrogens with one attached hydrogen (secondary N) is 1. The molecule has 0 saturated carbocycles. The number of nitrogens with two attached hydrogens (primary N) is 1. The van der Waals surface area contributed by atoms with Crippen LogP contribution in [-0.4, -0.2) is 25.6 Å². The van der Waals surface area contributed by atoms with Crippen LogP contribution in [0.1, 0.15) is 12.5 Å². The fraction of sp³-hybridized carbons (Fsp3) is 0.133. The Morgan fingerprint density at radius 3 is 2.39 bits per heavy atom. The van der Waals surface area contributed by atoms with Gasteiger partial charge in [0, 0.05) is 24.8 Å². The van der Waals surface area contributed by atoms with Gasteiger partial charge in [0.1, 0.15) is 17.5 Å². The number of rotatable bonds is 3. The van der Waals surface area contributed by atoms with Gasteiger partial charge in [-0.15, -0.1) is 0 Å². The lowest BCUT2D eigenvalue weighted by molar-refractivity contribution is -0.114. The van der Waals surface area contributed by atoms with Crippen LogP contribution in [0.4, 0.5) is 11.5 Å². The van der Waals surface area contributed by atoms with Crippen molar-refractivity contribution >= 4 is 27.2 Å². The van der Waals surface area contributed by atoms with Crippen LogP contribution >= 0.6 is 0 Å². The maximum atomic E-state index is 11.5. The SMILES string of the molecule is CC(=O)Nc1cc(N)c(C#N)c(-c2ccc(S(C)(=O)=O)cc2)n1. The van der Waals surface area contributed by atoms with E-state index in [9.17, 15) is 18.5 Å². The minimum atomic E-state index is -3.32. The number of nitrogens with zero attached hydrogens (tertiary/aromatic N) is 2. The number of nitriles is 1. The van der Waals surface area contributed by atoms with E-state index in [0.717, 1.165) is 6.26 Å². The second kappa shape index (κ2) is 6.06. The number of anilines is 2. The molecule has 1 aromatic heterocycles. The molecule has 0 fully saturated rings. The number of nitrogen functional groups attached to an aromatic ring is 1. The normalized spacial score (nSPS) is 10.8. The lowest BCUT2D eigenvalue weighted by Gasteiger charge is -2.10. The Balaban J connectivity index is 2.59. The van der Waals surface area contributed by atoms with E-state index in [1.54, 1.807) is 0 Å². The maximum absolute atomic E-state index is 11.5. The predicted octanol–water partition coefficient (Wildman–Crippen LogP) is 1.56. The van der Waals surface area contributed by atoms with Gasteiger partial charge >= 0.3 is 0 Å². The molecule has 0 atom stereocenters. The highest BCUT2D eigenvalue weighted by Gasteiger charge is 2.14. The van der Waals surface area contributed by atoms with Crippen LogP contribution in [0.3, 0.4) is 0 Å². The Morgan fingerprint density at radius 1 is 1.30 bits per heavy atom. The molecule has 8 heteroatoms. The van der Waals surface area contributed by atoms with E-state index < -0.39 is 9.84 Å². The van der Waals surface area contributed by atoms with Crippen molar-refractivity contribution in [2.75, 3.05) is 17.3 Å². The molecule has 1 aromatic carbocycles. The summed E-state index contributed by atoms with van der Waals surface area (Å²) < 4.78 is 23.0. The lowest BCUT2D eigenvalue weighted by atomic mass is 10.1. The summed E-state index contributed by atoms with van der Waals surface area (Å²) in [6.07, 6.45) is 1.11. The molecule has 1 heterocycles. The van der Waals surface area contributed by atoms with Crippen molar-refractivity contribution < 1.29 is 13.2 Å². The van der Waals surface area contributed by atoms with Crippen molar-refractivity contribution in [2.24, 2.45) is 0 Å². The zero-order valence-corrected chi connectivity index (χ0v) is 13.3. The number of aromatic nitrogens is 1. The van der Waals surface area contributed by atoms with Gasteiger partial charge in [0.05, 0.1) is 16.3 Å². The van der Waals surface area contributed by atoms with Crippen molar-refractivity contribution in [1.29, 1.82) is 5.26 Å². The molecule has 7 nitrogen and oxygen atoms in total. The Kier molecular flexibility index (Phi) is 4.33. The van der Waals surface area contributed by atoms with Crippen LogP contribution in [0.15, 0.2) is 35.2 Å². The Hall–Kier alpha value is -2.92. The molecule has 0 spiro atoms. The standard InChI is InChI=1S/C15H14N4O3S/c1-9(20)18-14-7-13(17)12(8-16)15(19-14)10-3-5-11(6-4-10)23(2,21)22/h3-7H,1-2H3,(H3,17,18,19,20). The van der Waals surface area contributed by atoms with E-state index in [0.29, 0.717) is 5.56 Å². The number of carbonyl (C=O) groups is 1. The van der Waals surface area contributed by atoms with Gasteiger partial charge in [-0.05, 0) is 12.1 Å². The van der Waals surface area contributed by atoms with Gasteiger partial charge in [-0.2, -0.15) is 5.26 Å². The fourth-order valence-corrected chi connectivity index (χ4v) is 2.63. The van der Waals surface area contributed by atoms with Crippen molar-refractivity contribution in [3.8, 4) is 17.3 Å². The van der Waals surface area contributed by atoms with Crippen molar-refractivity contribution in [3.05, 3.63) is 35.9 Å². The topological polar surface area (TPSA) is 126 Å². The maximum Gasteiger partial charge on any atom is 0.222 e. The monoisotopic (exact) mass is 330 g/mol. The Bertz CT molecular complexity index is 913. The molecule has 1 amide bonds. The largest absolute Gasteiger partial charge is 0.397 e. The molecule has 2 rings (SSSR count). The number of hydrogen-bond acceptors (Lipinski definition) is 6. The van der Waals surface area contributed by atoms with Gasteiger partial charge in [0.15, 0.2) is 9.84 Å². The third-order valence-electron chi connectivity index (χ3n) is 3.02. The molecule has 0 aliphatic rings. The molecule has 0 saturated heterocycles. The molecule has 0 aliphatic carbocycles. The first-order valence-electron chi connectivity index (χ1n) is 6.51. The number of amides is 1. The molecule has 0 radical (unpaired) electrons. The molecule has 0 unspecified atom stereocenters. The van der Waals surface area contributed by atoms with Crippen LogP contribution < -0.4 is 11.1 Å². The van der Waals surface area contributed by atoms with Crippen molar-refractivity contribution in [2.45, 2.75) is 11.8 Å². The van der Waals surface area contributed by atoms with Crippen molar-refractivity contribution in [3.63, 3.8) is 0 Å². The summed E-state index contributed by atoms with van der Waals surface area (Å²) in [7, 11) is -3.32. The van der Waals surface area contributed by atoms with E-state index in [1.807, 2.05) is 6.07 Å². The second-order valence-electron chi connectivity index (χ2n) is 4.91. The van der Waals surface area contributed by atoms with Gasteiger partial charge < -0.3 is 11.1 Å². The molecule has 0 aliphatic heterocycles. The third kappa shape index (κ3) is 3.64. The van der Waals surface area contributed by atoms with Crippen molar-refractivity contribution in [1.82, 2.24) is 4.98 Å². The van der Waals surface area contributed by atoms with Gasteiger partial charge in [-0.3, -0.25) is 4.79 Å². The lowest BCUT2D eigenvalue weighted by Crippen LogP contribution is -2.09. The molecule has 118 valence electrons. The summed E-state index contributed by atoms with van der Waals surface area (Å²) in [6, 6.07) is 9.29. The zero-order valence-electron chi connectivity index (χ0n) is 12.5. The van der Waals surface area contributed by atoms with Crippen LogP contribution in [-0.2, 0) is 14.6 Å². The average molecular weight is 330 g/mol. The first-order valence-corrected chi connectivity index (χ1v) is 8.40. The molecular formula is C15H14N4O3S. The highest BCUT2D eigenvalue weighted by molar-refractivity contribution is 7.90. The molecule has 23 heavy (non-hydrogen) atoms. The van der Waals surface area contributed by atoms with E-state index in [-0.39, 0.29) is 33.6 Å². The van der Waals surface area contributed by atoms with Gasteiger partial charge in [0.2, 0.25) is 5.91 Å². The summed E-state index contributed by atoms with van der Waals surface area (Å²) in [4.78, 5) is 15.5. The van der Waals surface area contributed by atoms with Crippen LogP contribution in [0, 0.1) is 11.3 Å². The Labute approximate surface area is 133 Å². The average Bonchev–Trinajstić information content (AvgIpc) is 2.45. The second-order valence-corrected chi connectivity index (χ2v) is 6.93. The summed E-state index contributed by atoms with van der Waals surface area (Å²) in [5.74, 6) is -0.101. The van der Waals surface area contributed by atoms with E-state index in [4.69, 9.17) is 5.73 Å². The van der Waals surface area contributed by atoms with E-state index in [2.05, 4.69) is 10.3 Å². The smallest absolute Gasteiger partial charge is 0.222 e. The predicted molar refractivity (Wildman–Crippen MR) is 86.2 cm³/mol. The summed E-state index contributed by atoms with van der Waals surface area (Å²) in [5.41, 5.74) is 6.96. The van der Waals surface area contributed by atoms with E-state index >= 15 is 0 Å². The highest BCUT2D eigenvalue weighted by atomic mass is 32.2. The van der Waals surface area contributed by atoms with Gasteiger partial charge in [-0.25, -0.2) is 13.4 Å². The Morgan fingerprint density at radius 2 is 1.91 bits per heavy atom. The number of benzene rings is 1. The summed E-state index contributed by atoms with van der Waals surface area (Å²) >= 11 is 0. The highest BCUT2D eigenvalue weighted by Crippen LogP contribution is 2.28. The molecule has 0 bridgehead atoms. The number of hydrogen-bond donors (Lipinski definition) is 2. The zero-order chi connectivity index (χ0) is 17.2. The first-order chi connectivity index (χ1) is 10.7. The fourth-order valence-electron chi connectivity index (χ4n) is 2.00. The minimum Gasteiger partial charge on any atom is -0.397 e. The molecule has 2 aromatic rings. The van der Waals surface area contributed by atoms with Gasteiger partial charge in [0.25, 0.3) is 0 Å². The van der Waals surface area contributed by atoms with Crippen LogP contribution in [0.25, 0.3) is 11.3 Å². The summed E-state index contributed by atoms with van der Waals surface area (Å²) in [6.45, 7) is 1.33.